The Morgan fingerprint density at radius 2 is 1.83 bits per heavy atom. The third-order valence-corrected chi connectivity index (χ3v) is 4.36. The molecule has 3 N–H and O–H groups in total. The first-order valence-electron chi connectivity index (χ1n) is 7.59. The monoisotopic (exact) mass is 315 g/mol. The average Bonchev–Trinajstić information content (AvgIpc) is 2.56. The summed E-state index contributed by atoms with van der Waals surface area (Å²) in [6.45, 7) is 1.45. The fourth-order valence-corrected chi connectivity index (χ4v) is 3.17. The molecule has 0 spiro atoms. The maximum absolute atomic E-state index is 10.3. The van der Waals surface area contributed by atoms with Crippen LogP contribution < -0.4 is 14.8 Å². The van der Waals surface area contributed by atoms with Crippen LogP contribution in [0.4, 0.5) is 0 Å². The molecule has 0 radical (unpaired) electrons. The molecule has 0 aliphatic carbocycles. The van der Waals surface area contributed by atoms with Crippen molar-refractivity contribution in [2.45, 2.75) is 18.9 Å². The molecule has 1 unspecified atom stereocenters. The number of rotatable bonds is 4. The van der Waals surface area contributed by atoms with Gasteiger partial charge >= 0.3 is 0 Å². The molecule has 1 aliphatic rings. The Hall–Kier alpha value is -2.40. The first-order valence-corrected chi connectivity index (χ1v) is 7.59. The lowest BCUT2D eigenvalue weighted by Crippen LogP contribution is -2.29. The molecule has 5 nitrogen and oxygen atoms in total. The summed E-state index contributed by atoms with van der Waals surface area (Å²) in [5, 5.41) is 23.6. The molecular formula is C18H21NO4. The number of benzene rings is 2. The zero-order valence-electron chi connectivity index (χ0n) is 13.3. The number of hydrogen-bond acceptors (Lipinski definition) is 5. The molecule has 122 valence electrons. The van der Waals surface area contributed by atoms with E-state index in [1.807, 2.05) is 12.1 Å². The number of phenols is 2. The topological polar surface area (TPSA) is 71.0 Å². The average molecular weight is 315 g/mol. The first kappa shape index (κ1) is 15.5. The predicted molar refractivity (Wildman–Crippen MR) is 87.5 cm³/mol. The van der Waals surface area contributed by atoms with Crippen LogP contribution in [0.15, 0.2) is 30.3 Å². The van der Waals surface area contributed by atoms with E-state index in [0.717, 1.165) is 29.7 Å². The molecule has 1 aliphatic heterocycles. The van der Waals surface area contributed by atoms with Gasteiger partial charge in [0.05, 0.1) is 14.2 Å². The first-order chi connectivity index (χ1) is 11.1. The van der Waals surface area contributed by atoms with Crippen molar-refractivity contribution in [3.05, 3.63) is 47.0 Å². The molecule has 1 heterocycles. The summed E-state index contributed by atoms with van der Waals surface area (Å²) in [6, 6.07) is 9.28. The smallest absolute Gasteiger partial charge is 0.162 e. The Balaban J connectivity index is 1.89. The van der Waals surface area contributed by atoms with E-state index in [4.69, 9.17) is 9.47 Å². The molecule has 5 heteroatoms. The number of nitrogens with one attached hydrogen (secondary N) is 1. The van der Waals surface area contributed by atoms with Crippen LogP contribution in [0.5, 0.6) is 23.0 Å². The van der Waals surface area contributed by atoms with Crippen LogP contribution in [0.3, 0.4) is 0 Å². The van der Waals surface area contributed by atoms with Gasteiger partial charge in [-0.15, -0.1) is 0 Å². The fourth-order valence-electron chi connectivity index (χ4n) is 3.17. The highest BCUT2D eigenvalue weighted by atomic mass is 16.5. The van der Waals surface area contributed by atoms with Crippen molar-refractivity contribution in [1.29, 1.82) is 0 Å². The van der Waals surface area contributed by atoms with Crippen LogP contribution in [0.2, 0.25) is 0 Å². The van der Waals surface area contributed by atoms with E-state index >= 15 is 0 Å². The lowest BCUT2D eigenvalue weighted by Gasteiger charge is -2.28. The lowest BCUT2D eigenvalue weighted by molar-refractivity contribution is 0.365. The van der Waals surface area contributed by atoms with Crippen molar-refractivity contribution in [3.8, 4) is 23.0 Å². The van der Waals surface area contributed by atoms with Crippen LogP contribution in [0, 0.1) is 0 Å². The summed E-state index contributed by atoms with van der Waals surface area (Å²) in [4.78, 5) is 0. The fraction of sp³-hybridized carbons (Fsp3) is 0.333. The van der Waals surface area contributed by atoms with Gasteiger partial charge < -0.3 is 25.0 Å². The number of phenolic OH excluding ortho intramolecular Hbond substituents is 2. The SMILES string of the molecule is COc1ccc(CC2CNCc3c2ccc(OC)c3O)cc1O. The minimum atomic E-state index is 0.145. The van der Waals surface area contributed by atoms with E-state index < -0.39 is 0 Å². The van der Waals surface area contributed by atoms with E-state index in [1.54, 1.807) is 25.3 Å². The summed E-state index contributed by atoms with van der Waals surface area (Å²) >= 11 is 0. The van der Waals surface area contributed by atoms with Crippen molar-refractivity contribution >= 4 is 0 Å². The Bertz CT molecular complexity index is 714. The Kier molecular flexibility index (Phi) is 4.30. The number of methoxy groups -OCH3 is 2. The highest BCUT2D eigenvalue weighted by molar-refractivity contribution is 5.52. The van der Waals surface area contributed by atoms with E-state index in [-0.39, 0.29) is 17.4 Å². The molecule has 0 saturated heterocycles. The molecule has 0 amide bonds. The van der Waals surface area contributed by atoms with Gasteiger partial charge in [0, 0.05) is 24.6 Å². The van der Waals surface area contributed by atoms with Crippen molar-refractivity contribution in [3.63, 3.8) is 0 Å². The van der Waals surface area contributed by atoms with Crippen molar-refractivity contribution < 1.29 is 19.7 Å². The number of fused-ring (bicyclic) bond motifs is 1. The van der Waals surface area contributed by atoms with Crippen molar-refractivity contribution in [2.24, 2.45) is 0 Å². The Morgan fingerprint density at radius 3 is 2.52 bits per heavy atom. The molecule has 3 rings (SSSR count). The third-order valence-electron chi connectivity index (χ3n) is 4.36. The zero-order chi connectivity index (χ0) is 16.4. The summed E-state index contributed by atoms with van der Waals surface area (Å²) in [6.07, 6.45) is 0.767. The van der Waals surface area contributed by atoms with Crippen molar-refractivity contribution in [1.82, 2.24) is 5.32 Å². The maximum Gasteiger partial charge on any atom is 0.162 e. The molecule has 0 bridgehead atoms. The summed E-state index contributed by atoms with van der Waals surface area (Å²) < 4.78 is 10.3. The second-order valence-corrected chi connectivity index (χ2v) is 5.72. The number of hydrogen-bond donors (Lipinski definition) is 3. The second kappa shape index (κ2) is 6.38. The van der Waals surface area contributed by atoms with Gasteiger partial charge in [-0.3, -0.25) is 0 Å². The predicted octanol–water partition coefficient (Wildman–Crippen LogP) is 2.54. The molecule has 0 fully saturated rings. The van der Waals surface area contributed by atoms with E-state index in [1.165, 1.54) is 7.11 Å². The molecule has 0 saturated carbocycles. The van der Waals surface area contributed by atoms with Crippen LogP contribution in [0.25, 0.3) is 0 Å². The molecule has 2 aromatic carbocycles. The minimum Gasteiger partial charge on any atom is -0.504 e. The van der Waals surface area contributed by atoms with E-state index in [2.05, 4.69) is 5.32 Å². The number of ether oxygens (including phenoxy) is 2. The summed E-state index contributed by atoms with van der Waals surface area (Å²) in [7, 11) is 3.08. The van der Waals surface area contributed by atoms with Gasteiger partial charge in [0.1, 0.15) is 0 Å². The van der Waals surface area contributed by atoms with Crippen LogP contribution in [-0.2, 0) is 13.0 Å². The molecule has 23 heavy (non-hydrogen) atoms. The largest absolute Gasteiger partial charge is 0.504 e. The normalized spacial score (nSPS) is 16.7. The van der Waals surface area contributed by atoms with E-state index in [0.29, 0.717) is 18.0 Å². The quantitative estimate of drug-likeness (QED) is 0.809. The Labute approximate surface area is 135 Å². The minimum absolute atomic E-state index is 0.145. The standard InChI is InChI=1S/C18H21NO4/c1-22-16-5-3-11(8-15(16)20)7-12-9-19-10-14-13(12)4-6-17(23-2)18(14)21/h3-6,8,12,19-21H,7,9-10H2,1-2H3. The van der Waals surface area contributed by atoms with Crippen LogP contribution in [-0.4, -0.2) is 31.0 Å². The van der Waals surface area contributed by atoms with Crippen LogP contribution in [0.1, 0.15) is 22.6 Å². The summed E-state index contributed by atoms with van der Waals surface area (Å²) in [5.74, 6) is 1.54. The molecule has 1 atom stereocenters. The number of aromatic hydroxyl groups is 2. The van der Waals surface area contributed by atoms with Gasteiger partial charge in [-0.05, 0) is 35.7 Å². The molecule has 0 aromatic heterocycles. The maximum atomic E-state index is 10.3. The van der Waals surface area contributed by atoms with Crippen LogP contribution >= 0.6 is 0 Å². The molecule has 2 aromatic rings. The highest BCUT2D eigenvalue weighted by Crippen LogP contribution is 2.38. The second-order valence-electron chi connectivity index (χ2n) is 5.72. The lowest BCUT2D eigenvalue weighted by atomic mass is 9.85. The summed E-state index contributed by atoms with van der Waals surface area (Å²) in [5.41, 5.74) is 3.04. The van der Waals surface area contributed by atoms with Gasteiger partial charge in [0.15, 0.2) is 23.0 Å². The van der Waals surface area contributed by atoms with Gasteiger partial charge in [0.2, 0.25) is 0 Å². The highest BCUT2D eigenvalue weighted by Gasteiger charge is 2.24. The van der Waals surface area contributed by atoms with Gasteiger partial charge in [-0.25, -0.2) is 0 Å². The van der Waals surface area contributed by atoms with Gasteiger partial charge in [-0.1, -0.05) is 12.1 Å². The van der Waals surface area contributed by atoms with E-state index in [9.17, 15) is 10.2 Å². The zero-order valence-corrected chi connectivity index (χ0v) is 13.3. The third kappa shape index (κ3) is 2.92. The molecular weight excluding hydrogens is 294 g/mol. The van der Waals surface area contributed by atoms with Gasteiger partial charge in [-0.2, -0.15) is 0 Å². The van der Waals surface area contributed by atoms with Crippen molar-refractivity contribution in [2.75, 3.05) is 20.8 Å². The Morgan fingerprint density at radius 1 is 1.09 bits per heavy atom. The van der Waals surface area contributed by atoms with Gasteiger partial charge in [0.25, 0.3) is 0 Å².